The first-order valence-electron chi connectivity index (χ1n) is 10.7. The molecule has 0 bridgehead atoms. The average molecular weight is 583 g/mol. The molecular weight excluding hydrogens is 553 g/mol. The first-order valence-corrected chi connectivity index (χ1v) is 13.3. The summed E-state index contributed by atoms with van der Waals surface area (Å²) in [4.78, 5) is 22.4. The molecule has 35 heavy (non-hydrogen) atoms. The van der Waals surface area contributed by atoms with Crippen molar-refractivity contribution in [2.75, 3.05) is 45.6 Å². The molecule has 2 N–H and O–H groups in total. The Bertz CT molecular complexity index is 1080. The van der Waals surface area contributed by atoms with Gasteiger partial charge < -0.3 is 15.4 Å². The van der Waals surface area contributed by atoms with Gasteiger partial charge in [-0.2, -0.15) is 13.2 Å². The van der Waals surface area contributed by atoms with E-state index in [9.17, 15) is 26.4 Å². The normalized spacial score (nSPS) is 14.2. The van der Waals surface area contributed by atoms with Crippen LogP contribution in [-0.4, -0.2) is 82.5 Å². The van der Waals surface area contributed by atoms with Crippen LogP contribution < -0.4 is 5.73 Å². The van der Waals surface area contributed by atoms with Gasteiger partial charge in [-0.05, 0) is 53.6 Å². The van der Waals surface area contributed by atoms with Crippen LogP contribution in [0.5, 0.6) is 0 Å². The molecule has 8 nitrogen and oxygen atoms in total. The van der Waals surface area contributed by atoms with Crippen LogP contribution in [0, 0.1) is 0 Å². The number of nitrogens with two attached hydrogens (primary N) is 1. The van der Waals surface area contributed by atoms with E-state index in [4.69, 9.17) is 10.5 Å². The maximum Gasteiger partial charge on any atom is 0.431 e. The Hall–Kier alpha value is -2.25. The Balaban J connectivity index is 3.13. The molecule has 13 heteroatoms. The van der Waals surface area contributed by atoms with Crippen LogP contribution in [0.2, 0.25) is 0 Å². The highest BCUT2D eigenvalue weighted by molar-refractivity contribution is 9.12. The number of carbonyl (C=O) groups excluding carboxylic acids is 1. The van der Waals surface area contributed by atoms with E-state index in [1.807, 2.05) is 18.7 Å². The van der Waals surface area contributed by atoms with Crippen molar-refractivity contribution in [1.82, 2.24) is 4.90 Å². The van der Waals surface area contributed by atoms with Gasteiger partial charge in [0.25, 0.3) is 0 Å². The number of alkyl halides is 3. The van der Waals surface area contributed by atoms with E-state index >= 15 is 0 Å². The number of aliphatic imine (C=N–C) groups is 2. The summed E-state index contributed by atoms with van der Waals surface area (Å²) < 4.78 is 67.5. The number of hydrogen-bond acceptors (Lipinski definition) is 8. The van der Waals surface area contributed by atoms with Crippen molar-refractivity contribution in [2.24, 2.45) is 15.7 Å². The van der Waals surface area contributed by atoms with Gasteiger partial charge in [-0.1, -0.05) is 26.0 Å². The van der Waals surface area contributed by atoms with Gasteiger partial charge in [0.15, 0.2) is 9.84 Å². The number of hydrogen-bond donors (Lipinski definition) is 1. The summed E-state index contributed by atoms with van der Waals surface area (Å²) >= 11 is 2.83. The predicted octanol–water partition coefficient (Wildman–Crippen LogP) is 3.35. The molecular formula is C22H30BrF3N4O4S. The highest BCUT2D eigenvalue weighted by atomic mass is 79.9. The van der Waals surface area contributed by atoms with Gasteiger partial charge in [-0.25, -0.2) is 8.42 Å². The predicted molar refractivity (Wildman–Crippen MR) is 134 cm³/mol. The van der Waals surface area contributed by atoms with Crippen molar-refractivity contribution in [2.45, 2.75) is 31.8 Å². The Morgan fingerprint density at radius 3 is 2.34 bits per heavy atom. The molecule has 0 aliphatic carbocycles. The summed E-state index contributed by atoms with van der Waals surface area (Å²) in [5.74, 6) is -0.706. The number of likely N-dealkylation sites (N-methyl/N-ethyl adjacent to an activating group) is 1. The van der Waals surface area contributed by atoms with Crippen molar-refractivity contribution in [1.29, 1.82) is 0 Å². The lowest BCUT2D eigenvalue weighted by atomic mass is 10.1. The standard InChI is InChI=1S/C22H30BrF3N4O4S/c1-5-30(6-2)10-11-34-19(31)14-29-18(20(23)21(27)22(24,25)26)13-28-15(3)16-8-7-9-17(12-16)35(4,32)33/h7-9,12H,5-6,10-11,13-14,27H2,1-4H3/b21-20+,28-15?,29-18?. The zero-order valence-electron chi connectivity index (χ0n) is 20.0. The van der Waals surface area contributed by atoms with Gasteiger partial charge in [-0.15, -0.1) is 0 Å². The Morgan fingerprint density at radius 2 is 1.80 bits per heavy atom. The van der Waals surface area contributed by atoms with Gasteiger partial charge in [0.1, 0.15) is 18.8 Å². The number of ether oxygens (including phenoxy) is 1. The third kappa shape index (κ3) is 10.5. The van der Waals surface area contributed by atoms with E-state index in [-0.39, 0.29) is 23.8 Å². The molecule has 0 saturated heterocycles. The van der Waals surface area contributed by atoms with E-state index in [0.29, 0.717) is 17.8 Å². The largest absolute Gasteiger partial charge is 0.463 e. The fourth-order valence-electron chi connectivity index (χ4n) is 2.74. The number of halogens is 4. The third-order valence-electron chi connectivity index (χ3n) is 4.91. The monoisotopic (exact) mass is 582 g/mol. The van der Waals surface area contributed by atoms with Crippen molar-refractivity contribution in [3.63, 3.8) is 0 Å². The van der Waals surface area contributed by atoms with Crippen LogP contribution in [0.15, 0.2) is 49.3 Å². The maximum atomic E-state index is 13.1. The lowest BCUT2D eigenvalue weighted by Gasteiger charge is -2.17. The van der Waals surface area contributed by atoms with E-state index < -0.39 is 38.7 Å². The summed E-state index contributed by atoms with van der Waals surface area (Å²) in [5.41, 5.74) is 4.42. The van der Waals surface area contributed by atoms with Crippen molar-refractivity contribution >= 4 is 43.2 Å². The molecule has 0 aliphatic heterocycles. The minimum absolute atomic E-state index is 0.0771. The van der Waals surface area contributed by atoms with Crippen LogP contribution in [0.4, 0.5) is 13.2 Å². The van der Waals surface area contributed by atoms with Crippen molar-refractivity contribution < 1.29 is 31.1 Å². The van der Waals surface area contributed by atoms with Crippen LogP contribution >= 0.6 is 15.9 Å². The first-order chi connectivity index (χ1) is 16.2. The summed E-state index contributed by atoms with van der Waals surface area (Å²) in [6, 6.07) is 5.99. The summed E-state index contributed by atoms with van der Waals surface area (Å²) in [7, 11) is -3.46. The lowest BCUT2D eigenvalue weighted by molar-refractivity contribution is -0.142. The fraction of sp³-hybridized carbons (Fsp3) is 0.500. The maximum absolute atomic E-state index is 13.1. The van der Waals surface area contributed by atoms with Crippen LogP contribution in [0.1, 0.15) is 26.3 Å². The van der Waals surface area contributed by atoms with Gasteiger partial charge in [0.2, 0.25) is 0 Å². The van der Waals surface area contributed by atoms with E-state index in [2.05, 4.69) is 25.9 Å². The molecule has 0 aliphatic rings. The molecule has 0 amide bonds. The summed E-state index contributed by atoms with van der Waals surface area (Å²) in [6.07, 6.45) is -3.77. The number of benzene rings is 1. The van der Waals surface area contributed by atoms with Gasteiger partial charge in [0.05, 0.1) is 21.6 Å². The van der Waals surface area contributed by atoms with Crippen LogP contribution in [0.25, 0.3) is 0 Å². The molecule has 0 fully saturated rings. The minimum Gasteiger partial charge on any atom is -0.463 e. The number of esters is 1. The molecule has 0 radical (unpaired) electrons. The van der Waals surface area contributed by atoms with Crippen LogP contribution in [-0.2, 0) is 19.4 Å². The second-order valence-corrected chi connectivity index (χ2v) is 10.2. The van der Waals surface area contributed by atoms with Crippen molar-refractivity contribution in [3.8, 4) is 0 Å². The van der Waals surface area contributed by atoms with Gasteiger partial charge in [0, 0.05) is 18.5 Å². The molecule has 0 unspecified atom stereocenters. The molecule has 1 aromatic rings. The second kappa shape index (κ2) is 13.7. The van der Waals surface area contributed by atoms with E-state index in [1.165, 1.54) is 18.2 Å². The van der Waals surface area contributed by atoms with Crippen molar-refractivity contribution in [3.05, 3.63) is 40.0 Å². The Kier molecular flexibility index (Phi) is 12.1. The van der Waals surface area contributed by atoms with E-state index in [1.54, 1.807) is 13.0 Å². The van der Waals surface area contributed by atoms with Gasteiger partial charge in [-0.3, -0.25) is 14.8 Å². The molecule has 0 aromatic heterocycles. The first kappa shape index (κ1) is 30.8. The molecule has 196 valence electrons. The SMILES string of the molecule is CCN(CC)CCOC(=O)CN=C(CN=C(C)c1cccc(S(C)(=O)=O)c1)/C(Br)=C(\N)C(F)(F)F. The topological polar surface area (TPSA) is 114 Å². The zero-order valence-corrected chi connectivity index (χ0v) is 22.4. The average Bonchev–Trinajstić information content (AvgIpc) is 2.79. The Morgan fingerprint density at radius 1 is 1.17 bits per heavy atom. The number of sulfone groups is 1. The minimum atomic E-state index is -4.83. The fourth-order valence-corrected chi connectivity index (χ4v) is 3.88. The highest BCUT2D eigenvalue weighted by Crippen LogP contribution is 2.27. The number of allylic oxidation sites excluding steroid dienone is 1. The molecule has 0 spiro atoms. The second-order valence-electron chi connectivity index (χ2n) is 7.44. The highest BCUT2D eigenvalue weighted by Gasteiger charge is 2.35. The lowest BCUT2D eigenvalue weighted by Crippen LogP contribution is -2.28. The van der Waals surface area contributed by atoms with E-state index in [0.717, 1.165) is 19.3 Å². The molecule has 0 heterocycles. The molecule has 1 aromatic carbocycles. The van der Waals surface area contributed by atoms with Gasteiger partial charge >= 0.3 is 12.1 Å². The molecule has 1 rings (SSSR count). The summed E-state index contributed by atoms with van der Waals surface area (Å²) in [6.45, 7) is 6.87. The quantitative estimate of drug-likeness (QED) is 0.298. The summed E-state index contributed by atoms with van der Waals surface area (Å²) in [5, 5.41) is 0. The Labute approximate surface area is 212 Å². The smallest absolute Gasteiger partial charge is 0.431 e. The molecule has 0 saturated carbocycles. The number of nitrogens with zero attached hydrogens (tertiary/aromatic N) is 3. The number of carbonyl (C=O) groups is 1. The third-order valence-corrected chi connectivity index (χ3v) is 6.90. The zero-order chi connectivity index (χ0) is 26.8. The van der Waals surface area contributed by atoms with Crippen LogP contribution in [0.3, 0.4) is 0 Å². The number of rotatable bonds is 12. The molecule has 0 atom stereocenters.